The van der Waals surface area contributed by atoms with Crippen molar-refractivity contribution < 1.29 is 18.0 Å². The highest BCUT2D eigenvalue weighted by Crippen LogP contribution is 2.33. The summed E-state index contributed by atoms with van der Waals surface area (Å²) >= 11 is 5.57. The summed E-state index contributed by atoms with van der Waals surface area (Å²) in [7, 11) is 1.55. The van der Waals surface area contributed by atoms with Gasteiger partial charge in [0.25, 0.3) is 0 Å². The zero-order valence-corrected chi connectivity index (χ0v) is 12.7. The number of carbonyl (C=O) groups is 1. The van der Waals surface area contributed by atoms with Gasteiger partial charge in [-0.3, -0.25) is 0 Å². The minimum absolute atomic E-state index is 0.227. The third kappa shape index (κ3) is 5.06. The van der Waals surface area contributed by atoms with E-state index in [0.717, 1.165) is 23.7 Å². The van der Waals surface area contributed by atoms with Gasteiger partial charge < -0.3 is 4.79 Å². The van der Waals surface area contributed by atoms with E-state index in [1.165, 1.54) is 0 Å². The molecular weight excluding hydrogens is 327 g/mol. The van der Waals surface area contributed by atoms with E-state index in [4.69, 9.17) is 11.6 Å². The maximum atomic E-state index is 12.6. The lowest BCUT2D eigenvalue weighted by molar-refractivity contribution is -0.138. The Kier molecular flexibility index (Phi) is 5.77. The van der Waals surface area contributed by atoms with Crippen LogP contribution in [0.4, 0.5) is 13.2 Å². The summed E-state index contributed by atoms with van der Waals surface area (Å²) in [5.41, 5.74) is 0.895. The van der Waals surface area contributed by atoms with Crippen molar-refractivity contribution in [3.05, 3.63) is 58.1 Å². The topological polar surface area (TPSA) is 42.9 Å². The molecule has 119 valence electrons. The fourth-order valence-corrected chi connectivity index (χ4v) is 2.25. The first-order valence-corrected chi connectivity index (χ1v) is 7.21. The van der Waals surface area contributed by atoms with E-state index in [1.807, 2.05) is 24.3 Å². The van der Waals surface area contributed by atoms with E-state index in [1.54, 1.807) is 7.28 Å². The summed E-state index contributed by atoms with van der Waals surface area (Å²) in [5.74, 6) is 0.227. The third-order valence-electron chi connectivity index (χ3n) is 3.18. The second-order valence-corrected chi connectivity index (χ2v) is 5.25. The van der Waals surface area contributed by atoms with Gasteiger partial charge in [0, 0.05) is 12.6 Å². The Bertz CT molecular complexity index is 677. The molecule has 0 bridgehead atoms. The third-order valence-corrected chi connectivity index (χ3v) is 3.47. The molecule has 0 amide bonds. The molecule has 1 aromatic carbocycles. The number of hydrogen-bond donors (Lipinski definition) is 0. The van der Waals surface area contributed by atoms with E-state index in [9.17, 15) is 18.0 Å². The molecule has 23 heavy (non-hydrogen) atoms. The van der Waals surface area contributed by atoms with Crippen LogP contribution in [0.25, 0.3) is 0 Å². The molecule has 0 saturated heterocycles. The Morgan fingerprint density at radius 2 is 1.83 bits per heavy atom. The molecule has 2 aromatic rings. The first kappa shape index (κ1) is 17.5. The van der Waals surface area contributed by atoms with Gasteiger partial charge in [-0.25, -0.2) is 9.97 Å². The van der Waals surface area contributed by atoms with Gasteiger partial charge in [-0.15, -0.1) is 0 Å². The van der Waals surface area contributed by atoms with Crippen molar-refractivity contribution in [2.45, 2.75) is 25.3 Å². The van der Waals surface area contributed by atoms with Gasteiger partial charge >= 0.3 is 6.18 Å². The van der Waals surface area contributed by atoms with Gasteiger partial charge in [-0.05, 0) is 17.5 Å². The highest BCUT2D eigenvalue weighted by Gasteiger charge is 2.34. The Labute approximate surface area is 137 Å². The van der Waals surface area contributed by atoms with Crippen LogP contribution < -0.4 is 0 Å². The number of aromatic nitrogens is 2. The van der Waals surface area contributed by atoms with Crippen LogP contribution in [0.1, 0.15) is 22.5 Å². The first-order chi connectivity index (χ1) is 10.9. The van der Waals surface area contributed by atoms with Crippen LogP contribution in [0.3, 0.4) is 0 Å². The van der Waals surface area contributed by atoms with Crippen molar-refractivity contribution in [1.82, 2.24) is 9.97 Å². The van der Waals surface area contributed by atoms with E-state index >= 15 is 0 Å². The number of carbonyl (C=O) groups excluding carboxylic acids is 1. The van der Waals surface area contributed by atoms with E-state index in [0.29, 0.717) is 18.9 Å². The Morgan fingerprint density at radius 3 is 2.39 bits per heavy atom. The van der Waals surface area contributed by atoms with Crippen LogP contribution in [-0.2, 0) is 23.8 Å². The predicted molar refractivity (Wildman–Crippen MR) is 82.3 cm³/mol. The monoisotopic (exact) mass is 339 g/mol. The number of hydrogen-bond acceptors (Lipinski definition) is 3. The lowest BCUT2D eigenvalue weighted by Crippen LogP contribution is -2.09. The maximum absolute atomic E-state index is 12.6. The molecule has 2 rings (SSSR count). The highest BCUT2D eigenvalue weighted by molar-refractivity contribution is 6.66. The van der Waals surface area contributed by atoms with Gasteiger partial charge in [-0.1, -0.05) is 42.2 Å². The average Bonchev–Trinajstić information content (AvgIpc) is 2.48. The molecule has 0 aliphatic heterocycles. The van der Waals surface area contributed by atoms with Crippen LogP contribution in [0.5, 0.6) is 0 Å². The number of aryl methyl sites for hydroxylation is 1. The molecule has 8 heteroatoms. The molecule has 0 aliphatic carbocycles. The van der Waals surface area contributed by atoms with Gasteiger partial charge in [0.15, 0.2) is 7.28 Å². The van der Waals surface area contributed by atoms with Crippen molar-refractivity contribution >= 4 is 25.1 Å². The maximum Gasteiger partial charge on any atom is 0.420 e. The van der Waals surface area contributed by atoms with E-state index in [2.05, 4.69) is 9.97 Å². The summed E-state index contributed by atoms with van der Waals surface area (Å²) in [5, 5.41) is -0.594. The number of rotatable bonds is 6. The first-order valence-electron chi connectivity index (χ1n) is 6.83. The van der Waals surface area contributed by atoms with Crippen LogP contribution >= 0.6 is 11.6 Å². The van der Waals surface area contributed by atoms with Crippen LogP contribution in [0, 0.1) is 0 Å². The number of nitrogens with zero attached hydrogens (tertiary/aromatic N) is 2. The van der Waals surface area contributed by atoms with E-state index in [-0.39, 0.29) is 5.82 Å². The number of alkyl halides is 3. The molecule has 0 fully saturated rings. The van der Waals surface area contributed by atoms with Gasteiger partial charge in [0.2, 0.25) is 0 Å². The average molecular weight is 340 g/mol. The van der Waals surface area contributed by atoms with Gasteiger partial charge in [-0.2, -0.15) is 13.2 Å². The lowest BCUT2D eigenvalue weighted by atomic mass is 9.75. The summed E-state index contributed by atoms with van der Waals surface area (Å²) in [4.78, 5) is 17.6. The predicted octanol–water partition coefficient (Wildman–Crippen LogP) is 3.59. The van der Waals surface area contributed by atoms with Crippen molar-refractivity contribution in [2.75, 3.05) is 0 Å². The van der Waals surface area contributed by atoms with Crippen LogP contribution in [0.2, 0.25) is 11.5 Å². The zero-order chi connectivity index (χ0) is 16.9. The van der Waals surface area contributed by atoms with Crippen molar-refractivity contribution in [1.29, 1.82) is 0 Å². The smallest absolute Gasteiger partial charge is 0.316 e. The standard InChI is InChI=1S/C15H12BClF3N2O/c17-14-12(15(18,19)20)8-21-13(22-14)7-11-3-1-10(2-4-11)5-6-16-9-23/h1-4,8-9H,5-7H2. The summed E-state index contributed by atoms with van der Waals surface area (Å²) in [6, 6.07) is 7.51. The van der Waals surface area contributed by atoms with E-state index < -0.39 is 16.9 Å². The van der Waals surface area contributed by atoms with Crippen molar-refractivity contribution in [2.24, 2.45) is 0 Å². The molecule has 0 aliphatic rings. The van der Waals surface area contributed by atoms with Gasteiger partial charge in [0.1, 0.15) is 16.5 Å². The molecule has 1 radical (unpaired) electrons. The normalized spacial score (nSPS) is 11.3. The largest absolute Gasteiger partial charge is 0.420 e. The zero-order valence-electron chi connectivity index (χ0n) is 12.0. The Balaban J connectivity index is 2.04. The lowest BCUT2D eigenvalue weighted by Gasteiger charge is -2.09. The van der Waals surface area contributed by atoms with Crippen molar-refractivity contribution in [3.63, 3.8) is 0 Å². The molecular formula is C15H12BClF3N2O. The summed E-state index contributed by atoms with van der Waals surface area (Å²) in [6.45, 7) is 0. The van der Waals surface area contributed by atoms with Crippen molar-refractivity contribution in [3.8, 4) is 0 Å². The molecule has 0 N–H and O–H groups in total. The molecule has 0 unspecified atom stereocenters. The number of benzene rings is 1. The van der Waals surface area contributed by atoms with Crippen LogP contribution in [-0.4, -0.2) is 23.4 Å². The molecule has 0 saturated carbocycles. The highest BCUT2D eigenvalue weighted by atomic mass is 35.5. The van der Waals surface area contributed by atoms with Gasteiger partial charge in [0.05, 0.1) is 6.19 Å². The van der Waals surface area contributed by atoms with Crippen LogP contribution in [0.15, 0.2) is 30.5 Å². The fourth-order valence-electron chi connectivity index (χ4n) is 1.99. The quantitative estimate of drug-likeness (QED) is 0.349. The minimum Gasteiger partial charge on any atom is -0.316 e. The second-order valence-electron chi connectivity index (χ2n) is 4.89. The molecule has 0 atom stereocenters. The fraction of sp³-hybridized carbons (Fsp3) is 0.267. The number of halogens is 4. The molecule has 1 heterocycles. The Hall–Kier alpha value is -1.89. The molecule has 3 nitrogen and oxygen atoms in total. The minimum atomic E-state index is -4.56. The molecule has 0 spiro atoms. The second kappa shape index (κ2) is 7.59. The summed E-state index contributed by atoms with van der Waals surface area (Å²) in [6.07, 6.45) is -1.38. The SMILES string of the molecule is O=C[B]CCc1ccc(Cc2ncc(C(F)(F)F)c(Cl)n2)cc1. The Morgan fingerprint density at radius 1 is 1.17 bits per heavy atom. The summed E-state index contributed by atoms with van der Waals surface area (Å²) < 4.78 is 37.8. The molecule has 1 aromatic heterocycles.